The molecule has 0 amide bonds. The second-order valence-electron chi connectivity index (χ2n) is 8.91. The van der Waals surface area contributed by atoms with Crippen molar-refractivity contribution in [2.75, 3.05) is 12.4 Å². The minimum absolute atomic E-state index is 0.310. The van der Waals surface area contributed by atoms with Crippen molar-refractivity contribution >= 4 is 23.1 Å². The van der Waals surface area contributed by atoms with Crippen molar-refractivity contribution in [2.45, 2.75) is 50.6 Å². The first kappa shape index (κ1) is 20.6. The van der Waals surface area contributed by atoms with Gasteiger partial charge in [-0.15, -0.1) is 0 Å². The number of nitrogens with zero attached hydrogens (tertiary/aromatic N) is 2. The summed E-state index contributed by atoms with van der Waals surface area (Å²) < 4.78 is 0. The summed E-state index contributed by atoms with van der Waals surface area (Å²) in [4.78, 5) is 9.16. The fourth-order valence-electron chi connectivity index (χ4n) is 3.97. The van der Waals surface area contributed by atoms with Crippen molar-refractivity contribution in [3.63, 3.8) is 0 Å². The number of anilines is 1. The van der Waals surface area contributed by atoms with Gasteiger partial charge < -0.3 is 21.4 Å². The number of nitrogens with one attached hydrogen (secondary N) is 4. The van der Waals surface area contributed by atoms with Crippen LogP contribution in [0.1, 0.15) is 55.7 Å². The summed E-state index contributed by atoms with van der Waals surface area (Å²) in [5.41, 5.74) is 6.81. The lowest BCUT2D eigenvalue weighted by atomic mass is 9.92. The highest BCUT2D eigenvalue weighted by atomic mass is 15.1. The van der Waals surface area contributed by atoms with Crippen LogP contribution in [-0.2, 0) is 0 Å². The lowest BCUT2D eigenvalue weighted by Gasteiger charge is -2.16. The number of hydrogen-bond acceptors (Lipinski definition) is 6. The van der Waals surface area contributed by atoms with Crippen LogP contribution in [0, 0.1) is 5.41 Å². The van der Waals surface area contributed by atoms with E-state index in [2.05, 4.69) is 69.2 Å². The lowest BCUT2D eigenvalue weighted by molar-refractivity contribution is 0.652. The molecule has 1 aromatic heterocycles. The molecular weight excluding hydrogens is 396 g/mol. The van der Waals surface area contributed by atoms with Crippen LogP contribution in [-0.4, -0.2) is 29.3 Å². The van der Waals surface area contributed by atoms with Gasteiger partial charge in [0.2, 0.25) is 5.95 Å². The molecule has 32 heavy (non-hydrogen) atoms. The van der Waals surface area contributed by atoms with Crippen LogP contribution >= 0.6 is 0 Å². The van der Waals surface area contributed by atoms with Gasteiger partial charge in [0, 0.05) is 36.1 Å². The summed E-state index contributed by atoms with van der Waals surface area (Å²) in [7, 11) is 2.00. The Hall–Kier alpha value is -3.25. The maximum atomic E-state index is 7.63. The van der Waals surface area contributed by atoms with E-state index in [4.69, 9.17) is 5.41 Å². The minimum atomic E-state index is 0.310. The molecule has 2 aromatic carbocycles. The van der Waals surface area contributed by atoms with Gasteiger partial charge in [-0.1, -0.05) is 18.2 Å². The van der Waals surface area contributed by atoms with Crippen molar-refractivity contribution in [1.82, 2.24) is 20.6 Å². The van der Waals surface area contributed by atoms with Crippen LogP contribution < -0.4 is 16.0 Å². The van der Waals surface area contributed by atoms with Crippen molar-refractivity contribution < 1.29 is 0 Å². The third-order valence-electron chi connectivity index (χ3n) is 6.38. The molecule has 0 radical (unpaired) electrons. The molecule has 1 heterocycles. The average molecular weight is 427 g/mol. The highest BCUT2D eigenvalue weighted by Gasteiger charge is 2.27. The Morgan fingerprint density at radius 2 is 1.97 bits per heavy atom. The molecule has 4 N–H and O–H groups in total. The third kappa shape index (κ3) is 4.50. The molecule has 1 atom stereocenters. The predicted octanol–water partition coefficient (Wildman–Crippen LogP) is 5.11. The van der Waals surface area contributed by atoms with Gasteiger partial charge in [-0.05, 0) is 86.0 Å². The van der Waals surface area contributed by atoms with Crippen LogP contribution in [0.2, 0.25) is 0 Å². The largest absolute Gasteiger partial charge is 0.386 e. The maximum Gasteiger partial charge on any atom is 0.227 e. The molecule has 6 heteroatoms. The molecule has 2 saturated carbocycles. The van der Waals surface area contributed by atoms with Gasteiger partial charge in [-0.25, -0.2) is 9.97 Å². The standard InChI is InChI=1S/C26H30N6/c1-16(28-2)18-5-9-23(17-3-4-17)24(12-18)19-6-10-25-20(11-19)14-30-26(32-25)31-22(13-27)15-29-21-7-8-21/h5-6,9-17,21,27-29H,3-4,7-8H2,1-2H3,(H,30,31,32)/b22-15+,27-13?. The first-order valence-corrected chi connectivity index (χ1v) is 11.5. The Morgan fingerprint density at radius 3 is 2.69 bits per heavy atom. The molecule has 2 fully saturated rings. The molecule has 2 aliphatic rings. The highest BCUT2D eigenvalue weighted by Crippen LogP contribution is 2.45. The zero-order chi connectivity index (χ0) is 22.1. The molecule has 3 aromatic rings. The minimum Gasteiger partial charge on any atom is -0.386 e. The molecule has 6 nitrogen and oxygen atoms in total. The molecule has 0 spiro atoms. The Balaban J connectivity index is 1.44. The zero-order valence-electron chi connectivity index (χ0n) is 18.7. The van der Waals surface area contributed by atoms with E-state index in [-0.39, 0.29) is 0 Å². The molecule has 2 aliphatic carbocycles. The van der Waals surface area contributed by atoms with Crippen molar-refractivity contribution in [1.29, 1.82) is 5.41 Å². The normalized spacial score (nSPS) is 17.2. The number of benzene rings is 2. The quantitative estimate of drug-likeness (QED) is 0.357. The zero-order valence-corrected chi connectivity index (χ0v) is 18.7. The monoisotopic (exact) mass is 426 g/mol. The number of rotatable bonds is 9. The average Bonchev–Trinajstić information content (AvgIpc) is 3.74. The summed E-state index contributed by atoms with van der Waals surface area (Å²) in [5, 5.41) is 18.4. The number of fused-ring (bicyclic) bond motifs is 1. The molecule has 164 valence electrons. The molecular formula is C26H30N6. The summed E-state index contributed by atoms with van der Waals surface area (Å²) >= 11 is 0. The van der Waals surface area contributed by atoms with Crippen molar-refractivity contribution in [3.8, 4) is 11.1 Å². The van der Waals surface area contributed by atoms with E-state index < -0.39 is 0 Å². The fourth-order valence-corrected chi connectivity index (χ4v) is 3.97. The Bertz CT molecular complexity index is 1180. The predicted molar refractivity (Wildman–Crippen MR) is 131 cm³/mol. The highest BCUT2D eigenvalue weighted by molar-refractivity contribution is 5.86. The van der Waals surface area contributed by atoms with Crippen molar-refractivity contribution in [2.24, 2.45) is 0 Å². The third-order valence-corrected chi connectivity index (χ3v) is 6.38. The van der Waals surface area contributed by atoms with Gasteiger partial charge in [0.05, 0.1) is 11.2 Å². The van der Waals surface area contributed by atoms with Crippen LogP contribution in [0.25, 0.3) is 22.0 Å². The van der Waals surface area contributed by atoms with E-state index in [0.717, 1.165) is 10.9 Å². The van der Waals surface area contributed by atoms with Gasteiger partial charge >= 0.3 is 0 Å². The van der Waals surface area contributed by atoms with Crippen LogP contribution in [0.3, 0.4) is 0 Å². The number of hydrogen-bond donors (Lipinski definition) is 4. The van der Waals surface area contributed by atoms with Crippen molar-refractivity contribution in [3.05, 3.63) is 65.6 Å². The summed E-state index contributed by atoms with van der Waals surface area (Å²) in [6.07, 6.45) is 9.91. The molecule has 0 saturated heterocycles. The lowest BCUT2D eigenvalue weighted by Crippen LogP contribution is -2.13. The van der Waals surface area contributed by atoms with Gasteiger partial charge in [0.1, 0.15) is 0 Å². The van der Waals surface area contributed by atoms with Crippen LogP contribution in [0.5, 0.6) is 0 Å². The number of allylic oxidation sites excluding steroid dienone is 1. The summed E-state index contributed by atoms with van der Waals surface area (Å²) in [6.45, 7) is 2.19. The molecule has 0 aliphatic heterocycles. The van der Waals surface area contributed by atoms with Crippen LogP contribution in [0.4, 0.5) is 5.95 Å². The molecule has 1 unspecified atom stereocenters. The van der Waals surface area contributed by atoms with Gasteiger partial charge in [0.25, 0.3) is 0 Å². The summed E-state index contributed by atoms with van der Waals surface area (Å²) in [6, 6.07) is 14.2. The second kappa shape index (κ2) is 8.71. The van der Waals surface area contributed by atoms with E-state index in [0.29, 0.717) is 29.6 Å². The SMILES string of the molecule is CNC(C)c1ccc(C2CC2)c(-c2ccc3nc(N/C(C=N)=C/NC4CC4)ncc3c2)c1. The molecule has 0 bridgehead atoms. The van der Waals surface area contributed by atoms with Gasteiger partial charge in [-0.2, -0.15) is 0 Å². The number of aromatic nitrogens is 2. The van der Waals surface area contributed by atoms with E-state index >= 15 is 0 Å². The topological polar surface area (TPSA) is 85.7 Å². The Kier molecular flexibility index (Phi) is 5.62. The molecule has 5 rings (SSSR count). The maximum absolute atomic E-state index is 7.63. The van der Waals surface area contributed by atoms with E-state index in [1.54, 1.807) is 0 Å². The van der Waals surface area contributed by atoms with Gasteiger partial charge in [-0.3, -0.25) is 0 Å². The smallest absolute Gasteiger partial charge is 0.227 e. The fraction of sp³-hybridized carbons (Fsp3) is 0.346. The second-order valence-corrected chi connectivity index (χ2v) is 8.91. The van der Waals surface area contributed by atoms with E-state index in [9.17, 15) is 0 Å². The van der Waals surface area contributed by atoms with E-state index in [1.807, 2.05) is 19.4 Å². The first-order chi connectivity index (χ1) is 15.6. The van der Waals surface area contributed by atoms with Gasteiger partial charge in [0.15, 0.2) is 0 Å². The Morgan fingerprint density at radius 1 is 1.12 bits per heavy atom. The first-order valence-electron chi connectivity index (χ1n) is 11.5. The Labute approximate surface area is 189 Å². The van der Waals surface area contributed by atoms with Crippen LogP contribution in [0.15, 0.2) is 54.5 Å². The van der Waals surface area contributed by atoms with E-state index in [1.165, 1.54) is 54.2 Å². The summed E-state index contributed by atoms with van der Waals surface area (Å²) in [5.74, 6) is 1.18.